The van der Waals surface area contributed by atoms with Gasteiger partial charge < -0.3 is 9.30 Å². The highest BCUT2D eigenvalue weighted by Crippen LogP contribution is 2.23. The number of benzene rings is 2. The lowest BCUT2D eigenvalue weighted by molar-refractivity contribution is 0.102. The van der Waals surface area contributed by atoms with Crippen LogP contribution in [0.5, 0.6) is 5.75 Å². The van der Waals surface area contributed by atoms with E-state index in [-0.39, 0.29) is 5.78 Å². The fraction of sp³-hybridized carbons (Fsp3) is 0.250. The van der Waals surface area contributed by atoms with E-state index in [1.807, 2.05) is 66.9 Å². The lowest BCUT2D eigenvalue weighted by Crippen LogP contribution is -2.08. The van der Waals surface area contributed by atoms with E-state index in [9.17, 15) is 4.79 Å². The van der Waals surface area contributed by atoms with E-state index in [4.69, 9.17) is 16.3 Å². The van der Waals surface area contributed by atoms with Gasteiger partial charge in [-0.3, -0.25) is 4.79 Å². The Morgan fingerprint density at radius 1 is 1.19 bits per heavy atom. The van der Waals surface area contributed by atoms with Crippen molar-refractivity contribution in [3.63, 3.8) is 0 Å². The zero-order valence-electron chi connectivity index (χ0n) is 15.2. The Labute approximate surface area is 167 Å². The van der Waals surface area contributed by atoms with Gasteiger partial charge in [0.15, 0.2) is 16.8 Å². The number of carbonyl (C=O) groups is 1. The minimum absolute atomic E-state index is 0.0701. The van der Waals surface area contributed by atoms with Gasteiger partial charge in [0, 0.05) is 17.1 Å². The normalized spacial score (nSPS) is 10.8. The quantitative estimate of drug-likeness (QED) is 0.400. The molecule has 0 spiro atoms. The van der Waals surface area contributed by atoms with Crippen LogP contribution in [0.2, 0.25) is 5.02 Å². The zero-order chi connectivity index (χ0) is 19.2. The van der Waals surface area contributed by atoms with Crippen molar-refractivity contribution in [2.45, 2.75) is 32.2 Å². The van der Waals surface area contributed by atoms with Gasteiger partial charge in [-0.25, -0.2) is 0 Å². The van der Waals surface area contributed by atoms with Crippen LogP contribution >= 0.6 is 23.4 Å². The third-order valence-electron chi connectivity index (χ3n) is 4.04. The van der Waals surface area contributed by atoms with Gasteiger partial charge in [0.05, 0.1) is 5.75 Å². The minimum Gasteiger partial charge on any atom is -0.486 e. The lowest BCUT2D eigenvalue weighted by Gasteiger charge is -2.09. The summed E-state index contributed by atoms with van der Waals surface area (Å²) >= 11 is 7.43. The molecule has 1 aromatic heterocycles. The van der Waals surface area contributed by atoms with Crippen molar-refractivity contribution in [1.82, 2.24) is 14.8 Å². The summed E-state index contributed by atoms with van der Waals surface area (Å²) in [5.41, 5.74) is 1.66. The minimum atomic E-state index is 0.0701. The van der Waals surface area contributed by atoms with Crippen LogP contribution in [0.25, 0.3) is 0 Å². The van der Waals surface area contributed by atoms with Gasteiger partial charge in [0.1, 0.15) is 12.4 Å². The van der Waals surface area contributed by atoms with E-state index in [2.05, 4.69) is 10.2 Å². The molecule has 0 radical (unpaired) electrons. The monoisotopic (exact) mass is 401 g/mol. The van der Waals surface area contributed by atoms with Gasteiger partial charge in [-0.1, -0.05) is 53.7 Å². The average molecular weight is 402 g/mol. The number of carbonyl (C=O) groups excluding carboxylic acids is 1. The van der Waals surface area contributed by atoms with Crippen LogP contribution in [-0.2, 0) is 13.2 Å². The molecule has 5 nitrogen and oxygen atoms in total. The topological polar surface area (TPSA) is 57.0 Å². The zero-order valence-corrected chi connectivity index (χ0v) is 16.8. The van der Waals surface area contributed by atoms with Crippen LogP contribution in [-0.4, -0.2) is 26.3 Å². The number of rotatable bonds is 8. The first kappa shape index (κ1) is 19.5. The first-order valence-corrected chi connectivity index (χ1v) is 9.97. The molecule has 0 amide bonds. The summed E-state index contributed by atoms with van der Waals surface area (Å²) in [6.07, 6.45) is 0. The molecule has 3 rings (SSSR count). The molecule has 0 bridgehead atoms. The summed E-state index contributed by atoms with van der Waals surface area (Å²) in [6, 6.07) is 14.8. The second-order valence-electron chi connectivity index (χ2n) is 5.92. The predicted molar refractivity (Wildman–Crippen MR) is 108 cm³/mol. The number of nitrogens with zero attached hydrogens (tertiary/aromatic N) is 3. The number of thioether (sulfide) groups is 1. The van der Waals surface area contributed by atoms with E-state index >= 15 is 0 Å². The first-order valence-electron chi connectivity index (χ1n) is 8.60. The smallest absolute Gasteiger partial charge is 0.191 e. The molecule has 1 heterocycles. The van der Waals surface area contributed by atoms with Gasteiger partial charge in [0.25, 0.3) is 0 Å². The molecular formula is C20H20ClN3O2S. The van der Waals surface area contributed by atoms with Gasteiger partial charge in [-0.2, -0.15) is 0 Å². The van der Waals surface area contributed by atoms with Gasteiger partial charge in [-0.05, 0) is 37.6 Å². The Bertz CT molecular complexity index is 928. The maximum Gasteiger partial charge on any atom is 0.191 e. The Morgan fingerprint density at radius 3 is 2.67 bits per heavy atom. The molecule has 140 valence electrons. The van der Waals surface area contributed by atoms with Gasteiger partial charge >= 0.3 is 0 Å². The SMILES string of the molecule is CCn1c(COc2ccc(Cl)c(C)c2)nnc1SCC(=O)c1ccccc1. The molecule has 0 aliphatic carbocycles. The molecule has 7 heteroatoms. The first-order chi connectivity index (χ1) is 13.1. The Morgan fingerprint density at radius 2 is 1.96 bits per heavy atom. The Hall–Kier alpha value is -2.31. The van der Waals surface area contributed by atoms with Crippen molar-refractivity contribution in [3.8, 4) is 5.75 Å². The summed E-state index contributed by atoms with van der Waals surface area (Å²) in [4.78, 5) is 12.3. The number of aryl methyl sites for hydroxylation is 1. The molecule has 3 aromatic rings. The largest absolute Gasteiger partial charge is 0.486 e. The standard InChI is InChI=1S/C20H20ClN3O2S/c1-3-24-19(12-26-16-9-10-17(21)14(2)11-16)22-23-20(24)27-13-18(25)15-7-5-4-6-8-15/h4-11H,3,12-13H2,1-2H3. The highest BCUT2D eigenvalue weighted by atomic mass is 35.5. The molecule has 0 atom stereocenters. The van der Waals surface area contributed by atoms with Gasteiger partial charge in [-0.15, -0.1) is 10.2 Å². The van der Waals surface area contributed by atoms with Crippen LogP contribution in [0.3, 0.4) is 0 Å². The molecule has 2 aromatic carbocycles. The van der Waals surface area contributed by atoms with Crippen LogP contribution in [0.4, 0.5) is 0 Å². The van der Waals surface area contributed by atoms with Crippen molar-refractivity contribution < 1.29 is 9.53 Å². The Balaban J connectivity index is 1.64. The number of ether oxygens (including phenoxy) is 1. The van der Waals surface area contributed by atoms with Crippen LogP contribution < -0.4 is 4.74 Å². The molecule has 0 unspecified atom stereocenters. The van der Waals surface area contributed by atoms with Crippen LogP contribution in [0.1, 0.15) is 28.7 Å². The third kappa shape index (κ3) is 4.90. The van der Waals surface area contributed by atoms with E-state index < -0.39 is 0 Å². The molecule has 0 saturated heterocycles. The van der Waals surface area contributed by atoms with Crippen molar-refractivity contribution >= 4 is 29.1 Å². The summed E-state index contributed by atoms with van der Waals surface area (Å²) in [6.45, 7) is 4.95. The summed E-state index contributed by atoms with van der Waals surface area (Å²) in [5, 5.41) is 9.87. The summed E-state index contributed by atoms with van der Waals surface area (Å²) < 4.78 is 7.78. The molecule has 0 N–H and O–H groups in total. The molecule has 27 heavy (non-hydrogen) atoms. The molecule has 0 aliphatic rings. The highest BCUT2D eigenvalue weighted by Gasteiger charge is 2.14. The van der Waals surface area contributed by atoms with Crippen molar-refractivity contribution in [1.29, 1.82) is 0 Å². The second-order valence-corrected chi connectivity index (χ2v) is 7.27. The number of halogens is 1. The van der Waals surface area contributed by atoms with Crippen molar-refractivity contribution in [2.75, 3.05) is 5.75 Å². The fourth-order valence-electron chi connectivity index (χ4n) is 2.54. The molecular weight excluding hydrogens is 382 g/mol. The Kier molecular flexibility index (Phi) is 6.53. The van der Waals surface area contributed by atoms with E-state index in [0.717, 1.165) is 17.1 Å². The van der Waals surface area contributed by atoms with E-state index in [1.165, 1.54) is 11.8 Å². The second kappa shape index (κ2) is 9.06. The van der Waals surface area contributed by atoms with Crippen molar-refractivity contribution in [3.05, 3.63) is 70.5 Å². The predicted octanol–water partition coefficient (Wildman–Crippen LogP) is 4.81. The molecule has 0 fully saturated rings. The number of hydrogen-bond donors (Lipinski definition) is 0. The lowest BCUT2D eigenvalue weighted by atomic mass is 10.2. The average Bonchev–Trinajstić information content (AvgIpc) is 3.09. The number of Topliss-reactive ketones (excluding diaryl/α,β-unsaturated/α-hetero) is 1. The van der Waals surface area contributed by atoms with Crippen LogP contribution in [0, 0.1) is 6.92 Å². The van der Waals surface area contributed by atoms with Crippen LogP contribution in [0.15, 0.2) is 53.7 Å². The van der Waals surface area contributed by atoms with E-state index in [1.54, 1.807) is 0 Å². The van der Waals surface area contributed by atoms with Gasteiger partial charge in [0.2, 0.25) is 0 Å². The number of aromatic nitrogens is 3. The highest BCUT2D eigenvalue weighted by molar-refractivity contribution is 7.99. The summed E-state index contributed by atoms with van der Waals surface area (Å²) in [5.74, 6) is 1.84. The fourth-order valence-corrected chi connectivity index (χ4v) is 3.58. The number of ketones is 1. The van der Waals surface area contributed by atoms with E-state index in [0.29, 0.717) is 34.6 Å². The molecule has 0 saturated carbocycles. The van der Waals surface area contributed by atoms with Crippen molar-refractivity contribution in [2.24, 2.45) is 0 Å². The number of hydrogen-bond acceptors (Lipinski definition) is 5. The molecule has 0 aliphatic heterocycles. The maximum atomic E-state index is 12.3. The summed E-state index contributed by atoms with van der Waals surface area (Å²) in [7, 11) is 0. The third-order valence-corrected chi connectivity index (χ3v) is 5.43. The maximum absolute atomic E-state index is 12.3.